The number of carbonyl (C=O) groups excluding carboxylic acids is 1. The molecule has 26 heavy (non-hydrogen) atoms. The molecule has 0 aliphatic rings. The highest BCUT2D eigenvalue weighted by molar-refractivity contribution is 7.15. The first kappa shape index (κ1) is 17.4. The van der Waals surface area contributed by atoms with E-state index in [4.69, 9.17) is 22.6 Å². The van der Waals surface area contributed by atoms with E-state index in [1.807, 2.05) is 24.3 Å². The summed E-state index contributed by atoms with van der Waals surface area (Å²) in [6.45, 7) is 0.510. The zero-order chi connectivity index (χ0) is 18.7. The zero-order valence-corrected chi connectivity index (χ0v) is 14.6. The second-order valence-electron chi connectivity index (χ2n) is 5.60. The van der Waals surface area contributed by atoms with Crippen LogP contribution in [0.1, 0.15) is 20.8 Å². The SMILES string of the molecule is N=C(N)c1cc(-c2ccc(CNc3ncccc3C(N)=O)s2)ccc1N. The number of amidine groups is 1. The molecule has 0 unspecified atom stereocenters. The summed E-state index contributed by atoms with van der Waals surface area (Å²) in [5, 5.41) is 10.7. The molecule has 0 saturated carbocycles. The molecule has 8 N–H and O–H groups in total. The molecule has 2 aromatic heterocycles. The Morgan fingerprint density at radius 3 is 2.69 bits per heavy atom. The monoisotopic (exact) mass is 366 g/mol. The minimum atomic E-state index is -0.522. The van der Waals surface area contributed by atoms with Gasteiger partial charge in [0.25, 0.3) is 5.91 Å². The predicted octanol–water partition coefficient (Wildman–Crippen LogP) is 2.39. The van der Waals surface area contributed by atoms with E-state index in [9.17, 15) is 4.79 Å². The van der Waals surface area contributed by atoms with Crippen molar-refractivity contribution in [2.24, 2.45) is 11.5 Å². The van der Waals surface area contributed by atoms with Crippen LogP contribution in [0.25, 0.3) is 10.4 Å². The molecule has 0 spiro atoms. The lowest BCUT2D eigenvalue weighted by molar-refractivity contribution is 0.100. The van der Waals surface area contributed by atoms with Crippen molar-refractivity contribution >= 4 is 34.6 Å². The fourth-order valence-corrected chi connectivity index (χ4v) is 3.43. The average Bonchev–Trinajstić information content (AvgIpc) is 3.09. The number of nitrogens with one attached hydrogen (secondary N) is 2. The van der Waals surface area contributed by atoms with E-state index in [0.29, 0.717) is 29.2 Å². The molecule has 0 bridgehead atoms. The maximum absolute atomic E-state index is 11.4. The lowest BCUT2D eigenvalue weighted by Gasteiger charge is -2.07. The second-order valence-corrected chi connectivity index (χ2v) is 6.77. The number of carbonyl (C=O) groups is 1. The average molecular weight is 366 g/mol. The summed E-state index contributed by atoms with van der Waals surface area (Å²) in [6.07, 6.45) is 1.60. The van der Waals surface area contributed by atoms with Gasteiger partial charge in [-0.05, 0) is 42.0 Å². The molecule has 0 radical (unpaired) electrons. The molecule has 2 heterocycles. The molecule has 1 amide bonds. The van der Waals surface area contributed by atoms with Crippen LogP contribution in [0.3, 0.4) is 0 Å². The number of benzene rings is 1. The number of thiophene rings is 1. The van der Waals surface area contributed by atoms with Crippen molar-refractivity contribution in [3.63, 3.8) is 0 Å². The number of anilines is 2. The van der Waals surface area contributed by atoms with Gasteiger partial charge >= 0.3 is 0 Å². The van der Waals surface area contributed by atoms with E-state index < -0.39 is 5.91 Å². The van der Waals surface area contributed by atoms with Gasteiger partial charge in [-0.1, -0.05) is 6.07 Å². The molecular weight excluding hydrogens is 348 g/mol. The van der Waals surface area contributed by atoms with Crippen molar-refractivity contribution in [2.75, 3.05) is 11.1 Å². The quantitative estimate of drug-likeness (QED) is 0.258. The van der Waals surface area contributed by atoms with Crippen molar-refractivity contribution in [1.29, 1.82) is 5.41 Å². The summed E-state index contributed by atoms with van der Waals surface area (Å²) in [5.41, 5.74) is 19.1. The van der Waals surface area contributed by atoms with E-state index in [1.165, 1.54) is 0 Å². The number of pyridine rings is 1. The maximum Gasteiger partial charge on any atom is 0.252 e. The fraction of sp³-hybridized carbons (Fsp3) is 0.0556. The smallest absolute Gasteiger partial charge is 0.252 e. The first-order valence-electron chi connectivity index (χ1n) is 7.77. The van der Waals surface area contributed by atoms with E-state index in [0.717, 1.165) is 15.3 Å². The number of hydrogen-bond donors (Lipinski definition) is 5. The molecule has 8 heteroatoms. The topological polar surface area (TPSA) is 144 Å². The number of hydrogen-bond acceptors (Lipinski definition) is 6. The van der Waals surface area contributed by atoms with E-state index in [2.05, 4.69) is 10.3 Å². The molecule has 7 nitrogen and oxygen atoms in total. The van der Waals surface area contributed by atoms with Crippen LogP contribution in [0.5, 0.6) is 0 Å². The zero-order valence-electron chi connectivity index (χ0n) is 13.8. The van der Waals surface area contributed by atoms with Crippen molar-refractivity contribution in [2.45, 2.75) is 6.54 Å². The van der Waals surface area contributed by atoms with Crippen LogP contribution in [-0.4, -0.2) is 16.7 Å². The van der Waals surface area contributed by atoms with E-state index in [1.54, 1.807) is 35.7 Å². The summed E-state index contributed by atoms with van der Waals surface area (Å²) in [4.78, 5) is 17.7. The molecule has 1 aromatic carbocycles. The second kappa shape index (κ2) is 7.24. The van der Waals surface area contributed by atoms with Crippen LogP contribution >= 0.6 is 11.3 Å². The van der Waals surface area contributed by atoms with Crippen LogP contribution < -0.4 is 22.5 Å². The third-order valence-electron chi connectivity index (χ3n) is 3.79. The van der Waals surface area contributed by atoms with Gasteiger partial charge < -0.3 is 22.5 Å². The number of nitrogens with zero attached hydrogens (tertiary/aromatic N) is 1. The highest BCUT2D eigenvalue weighted by Crippen LogP contribution is 2.30. The molecule has 0 atom stereocenters. The van der Waals surface area contributed by atoms with Crippen LogP contribution in [-0.2, 0) is 6.54 Å². The van der Waals surface area contributed by atoms with Gasteiger partial charge in [0, 0.05) is 27.2 Å². The Morgan fingerprint density at radius 2 is 1.96 bits per heavy atom. The largest absolute Gasteiger partial charge is 0.398 e. The molecule has 3 aromatic rings. The molecule has 0 fully saturated rings. The van der Waals surface area contributed by atoms with Crippen molar-refractivity contribution in [3.05, 3.63) is 64.7 Å². The van der Waals surface area contributed by atoms with Gasteiger partial charge in [-0.25, -0.2) is 4.98 Å². The first-order chi connectivity index (χ1) is 12.5. The Morgan fingerprint density at radius 1 is 1.15 bits per heavy atom. The summed E-state index contributed by atoms with van der Waals surface area (Å²) < 4.78 is 0. The van der Waals surface area contributed by atoms with Crippen molar-refractivity contribution in [1.82, 2.24) is 4.98 Å². The Kier molecular flexibility index (Phi) is 4.85. The predicted molar refractivity (Wildman–Crippen MR) is 105 cm³/mol. The van der Waals surface area contributed by atoms with Crippen molar-refractivity contribution < 1.29 is 4.79 Å². The Bertz CT molecular complexity index is 981. The normalized spacial score (nSPS) is 10.5. The highest BCUT2D eigenvalue weighted by atomic mass is 32.1. The van der Waals surface area contributed by atoms with Crippen LogP contribution in [0.15, 0.2) is 48.7 Å². The van der Waals surface area contributed by atoms with Crippen LogP contribution in [0.2, 0.25) is 0 Å². The molecule has 0 aliphatic carbocycles. The summed E-state index contributed by atoms with van der Waals surface area (Å²) >= 11 is 1.59. The van der Waals surface area contributed by atoms with Gasteiger partial charge in [-0.15, -0.1) is 11.3 Å². The third kappa shape index (κ3) is 3.65. The van der Waals surface area contributed by atoms with E-state index >= 15 is 0 Å². The lowest BCUT2D eigenvalue weighted by atomic mass is 10.1. The first-order valence-corrected chi connectivity index (χ1v) is 8.59. The Balaban J connectivity index is 1.78. The number of aromatic nitrogens is 1. The molecule has 132 valence electrons. The molecule has 0 saturated heterocycles. The summed E-state index contributed by atoms with van der Waals surface area (Å²) in [6, 6.07) is 12.7. The van der Waals surface area contributed by atoms with Gasteiger partial charge in [0.05, 0.1) is 12.1 Å². The van der Waals surface area contributed by atoms with Gasteiger partial charge in [-0.2, -0.15) is 0 Å². The number of nitrogens with two attached hydrogens (primary N) is 3. The van der Waals surface area contributed by atoms with Crippen LogP contribution in [0.4, 0.5) is 11.5 Å². The number of amides is 1. The van der Waals surface area contributed by atoms with Gasteiger partial charge in [0.1, 0.15) is 11.7 Å². The third-order valence-corrected chi connectivity index (χ3v) is 4.93. The Hall–Kier alpha value is -3.39. The number of nitrogen functional groups attached to an aromatic ring is 2. The maximum atomic E-state index is 11.4. The summed E-state index contributed by atoms with van der Waals surface area (Å²) in [7, 11) is 0. The summed E-state index contributed by atoms with van der Waals surface area (Å²) in [5.74, 6) is -0.121. The van der Waals surface area contributed by atoms with Crippen molar-refractivity contribution in [3.8, 4) is 10.4 Å². The minimum Gasteiger partial charge on any atom is -0.398 e. The number of rotatable bonds is 6. The highest BCUT2D eigenvalue weighted by Gasteiger charge is 2.10. The molecular formula is C18H18N6OS. The van der Waals surface area contributed by atoms with Gasteiger partial charge in [0.15, 0.2) is 0 Å². The van der Waals surface area contributed by atoms with Gasteiger partial charge in [-0.3, -0.25) is 10.2 Å². The minimum absolute atomic E-state index is 0.0584. The molecule has 3 rings (SSSR count). The fourth-order valence-electron chi connectivity index (χ4n) is 2.49. The standard InChI is InChI=1S/C18H18N6OS/c19-14-5-3-10(8-13(14)16(20)21)15-6-4-11(26-15)9-24-18-12(17(22)25)2-1-7-23-18/h1-8H,9,19H2,(H3,20,21)(H2,22,25)(H,23,24). The van der Waals surface area contributed by atoms with E-state index in [-0.39, 0.29) is 5.84 Å². The lowest BCUT2D eigenvalue weighted by Crippen LogP contribution is -2.15. The van der Waals surface area contributed by atoms with Crippen LogP contribution in [0, 0.1) is 5.41 Å². The Labute approximate surface area is 154 Å². The number of primary amides is 1. The molecule has 0 aliphatic heterocycles. The van der Waals surface area contributed by atoms with Gasteiger partial charge in [0.2, 0.25) is 0 Å².